The Morgan fingerprint density at radius 1 is 1.22 bits per heavy atom. The van der Waals surface area contributed by atoms with Crippen LogP contribution in [0.4, 0.5) is 0 Å². The molecule has 0 unspecified atom stereocenters. The zero-order chi connectivity index (χ0) is 16.6. The third-order valence-corrected chi connectivity index (χ3v) is 3.25. The minimum Gasteiger partial charge on any atom is -0.503 e. The van der Waals surface area contributed by atoms with Gasteiger partial charge in [-0.2, -0.15) is 0 Å². The van der Waals surface area contributed by atoms with E-state index in [0.717, 1.165) is 5.56 Å². The molecule has 1 heterocycles. The van der Waals surface area contributed by atoms with Crippen LogP contribution in [-0.4, -0.2) is 26.1 Å². The maximum absolute atomic E-state index is 11.7. The molecule has 0 amide bonds. The molecule has 0 aliphatic carbocycles. The monoisotopic (exact) mass is 309 g/mol. The van der Waals surface area contributed by atoms with Crippen molar-refractivity contribution in [1.29, 1.82) is 0 Å². The largest absolute Gasteiger partial charge is 0.503 e. The summed E-state index contributed by atoms with van der Waals surface area (Å²) >= 11 is 0. The van der Waals surface area contributed by atoms with E-state index in [2.05, 4.69) is 16.8 Å². The molecule has 3 rings (SSSR count). The smallest absolute Gasteiger partial charge is 0.338 e. The molecule has 1 aromatic heterocycles. The Morgan fingerprint density at radius 2 is 1.83 bits per heavy atom. The fraction of sp³-hybridized carbons (Fsp3) is 0.118. The van der Waals surface area contributed by atoms with E-state index in [9.17, 15) is 9.90 Å². The quantitative estimate of drug-likeness (QED) is 0.457. The first kappa shape index (κ1) is 14.8. The van der Waals surface area contributed by atoms with Gasteiger partial charge in [0.15, 0.2) is 11.5 Å². The number of benzene rings is 2. The van der Waals surface area contributed by atoms with E-state index in [0.29, 0.717) is 16.7 Å². The van der Waals surface area contributed by atoms with E-state index >= 15 is 0 Å². The van der Waals surface area contributed by atoms with Gasteiger partial charge in [-0.05, 0) is 43.7 Å². The number of aromatic nitrogens is 3. The molecule has 0 radical (unpaired) electrons. The molecular formula is C17H15N3O3. The van der Waals surface area contributed by atoms with Crippen LogP contribution in [0.15, 0.2) is 48.6 Å². The molecule has 23 heavy (non-hydrogen) atoms. The minimum atomic E-state index is -0.601. The van der Waals surface area contributed by atoms with E-state index in [1.54, 1.807) is 12.1 Å². The highest BCUT2D eigenvalue weighted by Gasteiger charge is 2.17. The highest BCUT2D eigenvalue weighted by Crippen LogP contribution is 2.34. The second-order valence-corrected chi connectivity index (χ2v) is 5.28. The number of hydrogen-bond acceptors (Lipinski definition) is 5. The summed E-state index contributed by atoms with van der Waals surface area (Å²) in [5.74, 6) is -0.754. The Labute approximate surface area is 132 Å². The Kier molecular flexibility index (Phi) is 3.57. The number of rotatable bonds is 3. The van der Waals surface area contributed by atoms with Crippen molar-refractivity contribution < 1.29 is 14.6 Å². The number of phenols is 1. The SMILES string of the molecule is C=C(C)C(=O)Oc1cc(C)cc(-n2nc3ccccc3n2)c1O. The van der Waals surface area contributed by atoms with Crippen LogP contribution in [0.1, 0.15) is 12.5 Å². The lowest BCUT2D eigenvalue weighted by atomic mass is 10.2. The van der Waals surface area contributed by atoms with Crippen LogP contribution < -0.4 is 4.74 Å². The van der Waals surface area contributed by atoms with Crippen LogP contribution in [0.5, 0.6) is 11.5 Å². The van der Waals surface area contributed by atoms with Crippen molar-refractivity contribution in [3.8, 4) is 17.2 Å². The minimum absolute atomic E-state index is 0.0503. The number of fused-ring (bicyclic) bond motifs is 1. The molecule has 0 spiro atoms. The van der Waals surface area contributed by atoms with Gasteiger partial charge in [0.25, 0.3) is 0 Å². The molecule has 3 aromatic rings. The van der Waals surface area contributed by atoms with Gasteiger partial charge in [-0.15, -0.1) is 15.0 Å². The molecule has 1 N–H and O–H groups in total. The normalized spacial score (nSPS) is 10.7. The topological polar surface area (TPSA) is 77.2 Å². The van der Waals surface area contributed by atoms with Crippen LogP contribution >= 0.6 is 0 Å². The summed E-state index contributed by atoms with van der Waals surface area (Å²) in [6.07, 6.45) is 0. The summed E-state index contributed by atoms with van der Waals surface area (Å²) in [4.78, 5) is 13.0. The predicted molar refractivity (Wildman–Crippen MR) is 85.7 cm³/mol. The van der Waals surface area contributed by atoms with Crippen molar-refractivity contribution in [2.75, 3.05) is 0 Å². The molecule has 0 bridgehead atoms. The Morgan fingerprint density at radius 3 is 2.39 bits per heavy atom. The van der Waals surface area contributed by atoms with Crippen molar-refractivity contribution in [3.63, 3.8) is 0 Å². The van der Waals surface area contributed by atoms with Gasteiger partial charge in [-0.1, -0.05) is 18.7 Å². The summed E-state index contributed by atoms with van der Waals surface area (Å²) in [7, 11) is 0. The average molecular weight is 309 g/mol. The predicted octanol–water partition coefficient (Wildman–Crippen LogP) is 2.92. The molecule has 6 nitrogen and oxygen atoms in total. The first-order chi connectivity index (χ1) is 11.0. The van der Waals surface area contributed by atoms with Gasteiger partial charge in [-0.25, -0.2) is 4.79 Å². The fourth-order valence-electron chi connectivity index (χ4n) is 2.11. The second kappa shape index (κ2) is 5.57. The number of phenolic OH excluding ortho intramolecular Hbond substituents is 1. The summed E-state index contributed by atoms with van der Waals surface area (Å²) < 4.78 is 5.17. The third kappa shape index (κ3) is 2.78. The number of ether oxygens (including phenoxy) is 1. The number of carbonyl (C=O) groups is 1. The second-order valence-electron chi connectivity index (χ2n) is 5.28. The maximum Gasteiger partial charge on any atom is 0.338 e. The molecule has 0 fully saturated rings. The van der Waals surface area contributed by atoms with Crippen molar-refractivity contribution in [2.45, 2.75) is 13.8 Å². The highest BCUT2D eigenvalue weighted by atomic mass is 16.5. The van der Waals surface area contributed by atoms with Gasteiger partial charge < -0.3 is 9.84 Å². The molecule has 0 saturated carbocycles. The van der Waals surface area contributed by atoms with Gasteiger partial charge in [0.05, 0.1) is 0 Å². The van der Waals surface area contributed by atoms with Crippen LogP contribution in [0.25, 0.3) is 16.7 Å². The number of aromatic hydroxyl groups is 1. The van der Waals surface area contributed by atoms with Crippen molar-refractivity contribution in [2.24, 2.45) is 0 Å². The fourth-order valence-corrected chi connectivity index (χ4v) is 2.11. The third-order valence-electron chi connectivity index (χ3n) is 3.25. The zero-order valence-electron chi connectivity index (χ0n) is 12.8. The molecule has 6 heteroatoms. The van der Waals surface area contributed by atoms with Crippen molar-refractivity contribution in [3.05, 3.63) is 54.1 Å². The molecule has 116 valence electrons. The van der Waals surface area contributed by atoms with Crippen LogP contribution in [0, 0.1) is 6.92 Å². The summed E-state index contributed by atoms with van der Waals surface area (Å²) in [5, 5.41) is 19.1. The molecular weight excluding hydrogens is 294 g/mol. The first-order valence-corrected chi connectivity index (χ1v) is 6.99. The van der Waals surface area contributed by atoms with E-state index in [1.807, 2.05) is 31.2 Å². The average Bonchev–Trinajstić information content (AvgIpc) is 2.94. The summed E-state index contributed by atoms with van der Waals surface area (Å²) in [5.41, 5.74) is 2.78. The Bertz CT molecular complexity index is 895. The van der Waals surface area contributed by atoms with Gasteiger partial charge >= 0.3 is 5.97 Å². The van der Waals surface area contributed by atoms with E-state index in [-0.39, 0.29) is 17.1 Å². The van der Waals surface area contributed by atoms with Gasteiger partial charge in [-0.3, -0.25) is 0 Å². The van der Waals surface area contributed by atoms with Crippen LogP contribution in [0.3, 0.4) is 0 Å². The molecule has 0 aliphatic heterocycles. The zero-order valence-corrected chi connectivity index (χ0v) is 12.8. The van der Waals surface area contributed by atoms with E-state index < -0.39 is 5.97 Å². The van der Waals surface area contributed by atoms with Gasteiger partial charge in [0.2, 0.25) is 0 Å². The number of hydrogen-bond donors (Lipinski definition) is 1. The lowest BCUT2D eigenvalue weighted by molar-refractivity contribution is -0.130. The standard InChI is InChI=1S/C17H15N3O3/c1-10(2)17(22)23-15-9-11(3)8-14(16(15)21)20-18-12-6-4-5-7-13(12)19-20/h4-9,21H,1H2,2-3H3. The number of aryl methyl sites for hydroxylation is 1. The molecule has 0 aliphatic rings. The molecule has 0 atom stereocenters. The molecule has 0 saturated heterocycles. The Hall–Kier alpha value is -3.15. The van der Waals surface area contributed by atoms with Crippen LogP contribution in [0.2, 0.25) is 0 Å². The van der Waals surface area contributed by atoms with Gasteiger partial charge in [0.1, 0.15) is 16.7 Å². The Balaban J connectivity index is 2.10. The molecule has 2 aromatic carbocycles. The lowest BCUT2D eigenvalue weighted by Gasteiger charge is -2.11. The lowest BCUT2D eigenvalue weighted by Crippen LogP contribution is -2.09. The maximum atomic E-state index is 11.7. The van der Waals surface area contributed by atoms with Crippen molar-refractivity contribution in [1.82, 2.24) is 15.0 Å². The van der Waals surface area contributed by atoms with Gasteiger partial charge in [0, 0.05) is 5.57 Å². The first-order valence-electron chi connectivity index (χ1n) is 6.99. The number of carbonyl (C=O) groups excluding carboxylic acids is 1. The summed E-state index contributed by atoms with van der Waals surface area (Å²) in [6.45, 7) is 6.89. The number of esters is 1. The van der Waals surface area contributed by atoms with Crippen LogP contribution in [-0.2, 0) is 4.79 Å². The van der Waals surface area contributed by atoms with Crippen molar-refractivity contribution >= 4 is 17.0 Å². The van der Waals surface area contributed by atoms with E-state index in [1.165, 1.54) is 11.7 Å². The highest BCUT2D eigenvalue weighted by molar-refractivity contribution is 5.89. The van der Waals surface area contributed by atoms with E-state index in [4.69, 9.17) is 4.74 Å². The number of nitrogens with zero attached hydrogens (tertiary/aromatic N) is 3. The summed E-state index contributed by atoms with van der Waals surface area (Å²) in [6, 6.07) is 10.7.